The van der Waals surface area contributed by atoms with E-state index >= 15 is 0 Å². The number of piperazine rings is 1. The normalized spacial score (nSPS) is 16.3. The van der Waals surface area contributed by atoms with Crippen LogP contribution in [-0.2, 0) is 17.1 Å². The topological polar surface area (TPSA) is 102 Å². The first-order chi connectivity index (χ1) is 12.5. The van der Waals surface area contributed by atoms with Gasteiger partial charge in [0, 0.05) is 45.6 Å². The minimum Gasteiger partial charge on any atom is -0.408 e. The van der Waals surface area contributed by atoms with Gasteiger partial charge in [0.2, 0.25) is 16.0 Å². The van der Waals surface area contributed by atoms with E-state index in [1.165, 1.54) is 27.1 Å². The zero-order chi connectivity index (χ0) is 18.3. The van der Waals surface area contributed by atoms with Crippen molar-refractivity contribution >= 4 is 27.1 Å². The summed E-state index contributed by atoms with van der Waals surface area (Å²) in [6.07, 6.45) is 3.33. The summed E-state index contributed by atoms with van der Waals surface area (Å²) in [6.45, 7) is 1.69. The second-order valence-corrected chi connectivity index (χ2v) is 7.93. The number of rotatable bonds is 3. The van der Waals surface area contributed by atoms with Crippen molar-refractivity contribution in [1.82, 2.24) is 18.8 Å². The largest absolute Gasteiger partial charge is 0.419 e. The second kappa shape index (κ2) is 6.22. The predicted molar refractivity (Wildman–Crippen MR) is 94.5 cm³/mol. The van der Waals surface area contributed by atoms with Gasteiger partial charge in [-0.05, 0) is 24.3 Å². The number of fused-ring (bicyclic) bond motifs is 1. The first-order valence-electron chi connectivity index (χ1n) is 8.08. The summed E-state index contributed by atoms with van der Waals surface area (Å²) in [4.78, 5) is 22.1. The SMILES string of the molecule is Cn1c(=O)oc2ccc(S(=O)(=O)N3CCN(c4ncccn4)CC3)cc21. The molecule has 0 unspecified atom stereocenters. The van der Waals surface area contributed by atoms with E-state index in [-0.39, 0.29) is 4.90 Å². The minimum absolute atomic E-state index is 0.144. The average Bonchev–Trinajstić information content (AvgIpc) is 2.96. The number of hydrogen-bond acceptors (Lipinski definition) is 7. The first-order valence-corrected chi connectivity index (χ1v) is 9.52. The smallest absolute Gasteiger partial charge is 0.408 e. The van der Waals surface area contributed by atoms with E-state index in [0.717, 1.165) is 0 Å². The minimum atomic E-state index is -3.66. The number of sulfonamides is 1. The van der Waals surface area contributed by atoms with E-state index in [1.807, 2.05) is 4.90 Å². The molecule has 1 fully saturated rings. The van der Waals surface area contributed by atoms with Crippen LogP contribution in [0, 0.1) is 0 Å². The van der Waals surface area contributed by atoms with E-state index in [0.29, 0.717) is 43.2 Å². The number of anilines is 1. The number of benzene rings is 1. The van der Waals surface area contributed by atoms with Crippen molar-refractivity contribution in [2.24, 2.45) is 7.05 Å². The monoisotopic (exact) mass is 375 g/mol. The molecule has 0 saturated carbocycles. The molecule has 3 aromatic rings. The Balaban J connectivity index is 1.58. The standard InChI is InChI=1S/C16H17N5O4S/c1-19-13-11-12(3-4-14(13)25-16(19)22)26(23,24)21-9-7-20(8-10-21)15-17-5-2-6-18-15/h2-6,11H,7-10H2,1H3. The zero-order valence-corrected chi connectivity index (χ0v) is 14.9. The number of oxazole rings is 1. The quantitative estimate of drug-likeness (QED) is 0.654. The van der Waals surface area contributed by atoms with Gasteiger partial charge in [-0.2, -0.15) is 4.31 Å². The lowest BCUT2D eigenvalue weighted by Crippen LogP contribution is -2.49. The molecule has 4 rings (SSSR count). The van der Waals surface area contributed by atoms with Crippen LogP contribution in [0.2, 0.25) is 0 Å². The van der Waals surface area contributed by atoms with Crippen molar-refractivity contribution in [1.29, 1.82) is 0 Å². The molecule has 0 N–H and O–H groups in total. The van der Waals surface area contributed by atoms with Crippen molar-refractivity contribution in [2.75, 3.05) is 31.1 Å². The summed E-state index contributed by atoms with van der Waals surface area (Å²) >= 11 is 0. The summed E-state index contributed by atoms with van der Waals surface area (Å²) in [5.74, 6) is 0.0744. The van der Waals surface area contributed by atoms with Crippen molar-refractivity contribution in [3.8, 4) is 0 Å². The van der Waals surface area contributed by atoms with E-state index in [4.69, 9.17) is 4.42 Å². The fourth-order valence-corrected chi connectivity index (χ4v) is 4.44. The van der Waals surface area contributed by atoms with Gasteiger partial charge < -0.3 is 9.32 Å². The van der Waals surface area contributed by atoms with Gasteiger partial charge in [0.05, 0.1) is 10.4 Å². The fourth-order valence-electron chi connectivity index (χ4n) is 3.00. The van der Waals surface area contributed by atoms with Gasteiger partial charge in [-0.3, -0.25) is 4.57 Å². The molecule has 0 bridgehead atoms. The molecule has 9 nitrogen and oxygen atoms in total. The van der Waals surface area contributed by atoms with E-state index in [9.17, 15) is 13.2 Å². The molecule has 1 aliphatic heterocycles. The fraction of sp³-hybridized carbons (Fsp3) is 0.312. The Bertz CT molecular complexity index is 1100. The lowest BCUT2D eigenvalue weighted by molar-refractivity contribution is 0.382. The number of aryl methyl sites for hydroxylation is 1. The van der Waals surface area contributed by atoms with Crippen molar-refractivity contribution in [3.05, 3.63) is 47.2 Å². The van der Waals surface area contributed by atoms with Crippen LogP contribution >= 0.6 is 0 Å². The van der Waals surface area contributed by atoms with Gasteiger partial charge >= 0.3 is 5.76 Å². The Morgan fingerprint density at radius 1 is 1.08 bits per heavy atom. The van der Waals surface area contributed by atoms with Crippen LogP contribution < -0.4 is 10.7 Å². The van der Waals surface area contributed by atoms with Gasteiger partial charge in [0.15, 0.2) is 5.58 Å². The van der Waals surface area contributed by atoms with Gasteiger partial charge in [-0.25, -0.2) is 23.2 Å². The predicted octanol–water partition coefficient (Wildman–Crippen LogP) is 0.432. The van der Waals surface area contributed by atoms with Crippen molar-refractivity contribution < 1.29 is 12.8 Å². The van der Waals surface area contributed by atoms with Gasteiger partial charge in [-0.1, -0.05) is 0 Å². The molecule has 2 aromatic heterocycles. The van der Waals surface area contributed by atoms with Crippen LogP contribution in [0.4, 0.5) is 5.95 Å². The Morgan fingerprint density at radius 3 is 2.46 bits per heavy atom. The lowest BCUT2D eigenvalue weighted by Gasteiger charge is -2.33. The molecule has 26 heavy (non-hydrogen) atoms. The highest BCUT2D eigenvalue weighted by atomic mass is 32.2. The molecule has 0 spiro atoms. The molecule has 1 saturated heterocycles. The maximum absolute atomic E-state index is 13.0. The molecule has 1 aliphatic rings. The molecule has 136 valence electrons. The Morgan fingerprint density at radius 2 is 1.77 bits per heavy atom. The summed E-state index contributed by atoms with van der Waals surface area (Å²) in [5.41, 5.74) is 0.815. The Kier molecular flexibility index (Phi) is 4.00. The molecule has 0 atom stereocenters. The number of aromatic nitrogens is 3. The zero-order valence-electron chi connectivity index (χ0n) is 14.1. The molecular formula is C16H17N5O4S. The third-order valence-electron chi connectivity index (χ3n) is 4.47. The van der Waals surface area contributed by atoms with E-state index < -0.39 is 15.8 Å². The molecule has 0 aliphatic carbocycles. The molecule has 3 heterocycles. The average molecular weight is 375 g/mol. The van der Waals surface area contributed by atoms with Crippen LogP contribution in [-0.4, -0.2) is 53.4 Å². The van der Waals surface area contributed by atoms with Crippen molar-refractivity contribution in [2.45, 2.75) is 4.90 Å². The third kappa shape index (κ3) is 2.76. The summed E-state index contributed by atoms with van der Waals surface area (Å²) < 4.78 is 33.7. The molecule has 10 heteroatoms. The maximum atomic E-state index is 13.0. The molecule has 0 radical (unpaired) electrons. The Labute approximate surface area is 149 Å². The molecule has 1 aromatic carbocycles. The summed E-state index contributed by atoms with van der Waals surface area (Å²) in [5, 5.41) is 0. The summed E-state index contributed by atoms with van der Waals surface area (Å²) in [6, 6.07) is 6.19. The van der Waals surface area contributed by atoms with Crippen LogP contribution in [0.3, 0.4) is 0 Å². The highest BCUT2D eigenvalue weighted by molar-refractivity contribution is 7.89. The lowest BCUT2D eigenvalue weighted by atomic mass is 10.3. The highest BCUT2D eigenvalue weighted by Gasteiger charge is 2.29. The number of hydrogen-bond donors (Lipinski definition) is 0. The highest BCUT2D eigenvalue weighted by Crippen LogP contribution is 2.22. The van der Waals surface area contributed by atoms with Crippen LogP contribution in [0.5, 0.6) is 0 Å². The van der Waals surface area contributed by atoms with E-state index in [2.05, 4.69) is 9.97 Å². The van der Waals surface area contributed by atoms with Gasteiger partial charge in [-0.15, -0.1) is 0 Å². The van der Waals surface area contributed by atoms with Crippen LogP contribution in [0.15, 0.2) is 50.8 Å². The number of nitrogens with zero attached hydrogens (tertiary/aromatic N) is 5. The van der Waals surface area contributed by atoms with Gasteiger partial charge in [0.25, 0.3) is 0 Å². The van der Waals surface area contributed by atoms with Crippen LogP contribution in [0.1, 0.15) is 0 Å². The van der Waals surface area contributed by atoms with Crippen LogP contribution in [0.25, 0.3) is 11.1 Å². The van der Waals surface area contributed by atoms with E-state index in [1.54, 1.807) is 25.5 Å². The molecule has 0 amide bonds. The van der Waals surface area contributed by atoms with Gasteiger partial charge in [0.1, 0.15) is 0 Å². The van der Waals surface area contributed by atoms with Crippen molar-refractivity contribution in [3.63, 3.8) is 0 Å². The Hall–Kier alpha value is -2.72. The summed E-state index contributed by atoms with van der Waals surface area (Å²) in [7, 11) is -2.11. The third-order valence-corrected chi connectivity index (χ3v) is 6.37. The molecular weight excluding hydrogens is 358 g/mol. The second-order valence-electron chi connectivity index (χ2n) is 6.00. The maximum Gasteiger partial charge on any atom is 0.419 e. The first kappa shape index (κ1) is 16.7.